The highest BCUT2D eigenvalue weighted by atomic mass is 79.9. The Balaban J connectivity index is 2.07. The molecule has 0 radical (unpaired) electrons. The van der Waals surface area contributed by atoms with Crippen molar-refractivity contribution in [2.45, 2.75) is 26.0 Å². The van der Waals surface area contributed by atoms with Crippen LogP contribution in [0, 0.1) is 5.92 Å². The molecule has 4 nitrogen and oxygen atoms in total. The Morgan fingerprint density at radius 2 is 2.29 bits per heavy atom. The van der Waals surface area contributed by atoms with Crippen LogP contribution >= 0.6 is 15.9 Å². The Kier molecular flexibility index (Phi) is 6.48. The summed E-state index contributed by atoms with van der Waals surface area (Å²) in [7, 11) is 1.72. The summed E-state index contributed by atoms with van der Waals surface area (Å²) in [6, 6.07) is 6.42. The quantitative estimate of drug-likeness (QED) is 0.768. The van der Waals surface area contributed by atoms with Crippen molar-refractivity contribution in [2.75, 3.05) is 38.3 Å². The van der Waals surface area contributed by atoms with Crippen molar-refractivity contribution in [2.24, 2.45) is 5.92 Å². The van der Waals surface area contributed by atoms with Crippen LogP contribution < -0.4 is 10.2 Å². The van der Waals surface area contributed by atoms with E-state index in [1.165, 1.54) is 11.3 Å². The first-order chi connectivity index (χ1) is 10.1. The van der Waals surface area contributed by atoms with Crippen molar-refractivity contribution in [3.63, 3.8) is 0 Å². The minimum Gasteiger partial charge on any atom is -0.393 e. The third-order valence-corrected chi connectivity index (χ3v) is 4.54. The van der Waals surface area contributed by atoms with Gasteiger partial charge in [-0.05, 0) is 30.0 Å². The maximum atomic E-state index is 9.90. The summed E-state index contributed by atoms with van der Waals surface area (Å²) in [5.74, 6) is 0.312. The van der Waals surface area contributed by atoms with Crippen LogP contribution in [0.25, 0.3) is 0 Å². The molecule has 1 aliphatic heterocycles. The molecule has 0 amide bonds. The molecule has 2 N–H and O–H groups in total. The van der Waals surface area contributed by atoms with E-state index >= 15 is 0 Å². The molecular formula is C16H25BrN2O2. The highest BCUT2D eigenvalue weighted by Gasteiger charge is 2.25. The van der Waals surface area contributed by atoms with Crippen LogP contribution in [-0.4, -0.2) is 44.6 Å². The van der Waals surface area contributed by atoms with E-state index in [1.54, 1.807) is 7.11 Å². The first-order valence-electron chi connectivity index (χ1n) is 7.53. The summed E-state index contributed by atoms with van der Waals surface area (Å²) in [6.07, 6.45) is 0.668. The van der Waals surface area contributed by atoms with Crippen LogP contribution in [0.2, 0.25) is 0 Å². The van der Waals surface area contributed by atoms with Gasteiger partial charge in [0.25, 0.3) is 0 Å². The van der Waals surface area contributed by atoms with Gasteiger partial charge in [-0.25, -0.2) is 0 Å². The number of ether oxygens (including phenoxy) is 1. The van der Waals surface area contributed by atoms with E-state index in [1.807, 2.05) is 0 Å². The Hall–Kier alpha value is -0.620. The molecule has 0 aromatic heterocycles. The summed E-state index contributed by atoms with van der Waals surface area (Å²) >= 11 is 3.57. The topological polar surface area (TPSA) is 44.7 Å². The fourth-order valence-corrected chi connectivity index (χ4v) is 3.08. The lowest BCUT2D eigenvalue weighted by Crippen LogP contribution is -2.42. The zero-order valence-corrected chi connectivity index (χ0v) is 14.4. The Morgan fingerprint density at radius 3 is 3.00 bits per heavy atom. The summed E-state index contributed by atoms with van der Waals surface area (Å²) in [5, 5.41) is 13.3. The van der Waals surface area contributed by atoms with E-state index in [0.717, 1.165) is 43.7 Å². The number of hydrogen-bond acceptors (Lipinski definition) is 4. The molecule has 1 saturated heterocycles. The van der Waals surface area contributed by atoms with Crippen LogP contribution in [0.3, 0.4) is 0 Å². The fraction of sp³-hybridized carbons (Fsp3) is 0.625. The minimum atomic E-state index is -0.170. The largest absolute Gasteiger partial charge is 0.393 e. The second-order valence-corrected chi connectivity index (χ2v) is 6.64. The van der Waals surface area contributed by atoms with Gasteiger partial charge in [0.1, 0.15) is 0 Å². The van der Waals surface area contributed by atoms with Crippen molar-refractivity contribution in [1.82, 2.24) is 5.32 Å². The lowest BCUT2D eigenvalue weighted by atomic mass is 9.95. The van der Waals surface area contributed by atoms with E-state index < -0.39 is 0 Å². The summed E-state index contributed by atoms with van der Waals surface area (Å²) in [4.78, 5) is 2.38. The molecule has 2 rings (SSSR count). The Morgan fingerprint density at radius 1 is 1.48 bits per heavy atom. The molecule has 0 aliphatic carbocycles. The van der Waals surface area contributed by atoms with Gasteiger partial charge in [-0.1, -0.05) is 28.9 Å². The number of halogens is 1. The first kappa shape index (κ1) is 16.7. The molecule has 0 bridgehead atoms. The van der Waals surface area contributed by atoms with Gasteiger partial charge in [0, 0.05) is 43.4 Å². The molecule has 0 spiro atoms. The van der Waals surface area contributed by atoms with Crippen LogP contribution in [-0.2, 0) is 11.3 Å². The predicted octanol–water partition coefficient (Wildman–Crippen LogP) is 2.39. The third-order valence-electron chi connectivity index (χ3n) is 4.05. The molecule has 1 aliphatic rings. The average molecular weight is 357 g/mol. The van der Waals surface area contributed by atoms with E-state index in [4.69, 9.17) is 4.74 Å². The molecular weight excluding hydrogens is 332 g/mol. The molecule has 2 unspecified atom stereocenters. The summed E-state index contributed by atoms with van der Waals surface area (Å²) in [5.41, 5.74) is 2.55. The van der Waals surface area contributed by atoms with E-state index in [-0.39, 0.29) is 6.10 Å². The summed E-state index contributed by atoms with van der Waals surface area (Å²) in [6.45, 7) is 6.33. The van der Waals surface area contributed by atoms with Crippen LogP contribution in [0.4, 0.5) is 5.69 Å². The minimum absolute atomic E-state index is 0.170. The highest BCUT2D eigenvalue weighted by molar-refractivity contribution is 9.10. The van der Waals surface area contributed by atoms with E-state index in [0.29, 0.717) is 5.92 Å². The fourth-order valence-electron chi connectivity index (χ4n) is 2.73. The average Bonchev–Trinajstić information content (AvgIpc) is 2.48. The number of methoxy groups -OCH3 is 1. The Labute approximate surface area is 135 Å². The van der Waals surface area contributed by atoms with Crippen molar-refractivity contribution in [1.29, 1.82) is 0 Å². The smallest absolute Gasteiger partial charge is 0.0599 e. The number of piperidine rings is 1. The third kappa shape index (κ3) is 4.68. The number of anilines is 1. The molecule has 1 fully saturated rings. The van der Waals surface area contributed by atoms with Crippen molar-refractivity contribution < 1.29 is 9.84 Å². The molecule has 1 heterocycles. The van der Waals surface area contributed by atoms with Crippen molar-refractivity contribution in [3.05, 3.63) is 28.2 Å². The number of aliphatic hydroxyl groups is 1. The molecule has 0 saturated carbocycles. The number of rotatable bonds is 6. The van der Waals surface area contributed by atoms with Crippen LogP contribution in [0.1, 0.15) is 18.9 Å². The predicted molar refractivity (Wildman–Crippen MR) is 89.7 cm³/mol. The zero-order chi connectivity index (χ0) is 15.2. The number of nitrogens with zero attached hydrogens (tertiary/aromatic N) is 1. The zero-order valence-electron chi connectivity index (χ0n) is 12.8. The summed E-state index contributed by atoms with van der Waals surface area (Å²) < 4.78 is 6.16. The second kappa shape index (κ2) is 8.13. The maximum Gasteiger partial charge on any atom is 0.0599 e. The van der Waals surface area contributed by atoms with Crippen LogP contribution in [0.5, 0.6) is 0 Å². The lowest BCUT2D eigenvalue weighted by molar-refractivity contribution is 0.0970. The maximum absolute atomic E-state index is 9.90. The molecule has 118 valence electrons. The normalized spacial score (nSPS) is 22.6. The first-order valence-corrected chi connectivity index (χ1v) is 8.32. The standard InChI is InChI=1S/C16H25BrN2O2/c1-12-11-19(7-5-16(12)20)15-9-14(17)4-3-13(15)10-18-6-8-21-2/h3-4,9,12,16,18,20H,5-8,10-11H2,1-2H3. The molecule has 1 aromatic carbocycles. The van der Waals surface area contributed by atoms with Crippen LogP contribution in [0.15, 0.2) is 22.7 Å². The van der Waals surface area contributed by atoms with Gasteiger partial charge in [-0.15, -0.1) is 0 Å². The number of hydrogen-bond donors (Lipinski definition) is 2. The van der Waals surface area contributed by atoms with Gasteiger partial charge in [0.15, 0.2) is 0 Å². The molecule has 5 heteroatoms. The van der Waals surface area contributed by atoms with Gasteiger partial charge in [0.05, 0.1) is 12.7 Å². The number of aliphatic hydroxyl groups excluding tert-OH is 1. The van der Waals surface area contributed by atoms with Gasteiger partial charge in [-0.2, -0.15) is 0 Å². The SMILES string of the molecule is COCCNCc1ccc(Br)cc1N1CCC(O)C(C)C1. The molecule has 2 atom stereocenters. The highest BCUT2D eigenvalue weighted by Crippen LogP contribution is 2.29. The number of nitrogens with one attached hydrogen (secondary N) is 1. The lowest BCUT2D eigenvalue weighted by Gasteiger charge is -2.37. The van der Waals surface area contributed by atoms with Crippen molar-refractivity contribution in [3.8, 4) is 0 Å². The second-order valence-electron chi connectivity index (χ2n) is 5.72. The van der Waals surface area contributed by atoms with Gasteiger partial charge in [0.2, 0.25) is 0 Å². The molecule has 21 heavy (non-hydrogen) atoms. The van der Waals surface area contributed by atoms with Gasteiger partial charge >= 0.3 is 0 Å². The number of benzene rings is 1. The van der Waals surface area contributed by atoms with Crippen molar-refractivity contribution >= 4 is 21.6 Å². The Bertz CT molecular complexity index is 456. The van der Waals surface area contributed by atoms with E-state index in [2.05, 4.69) is 51.3 Å². The van der Waals surface area contributed by atoms with E-state index in [9.17, 15) is 5.11 Å². The molecule has 1 aromatic rings. The van der Waals surface area contributed by atoms with Gasteiger partial charge in [-0.3, -0.25) is 0 Å². The van der Waals surface area contributed by atoms with Gasteiger partial charge < -0.3 is 20.1 Å². The monoisotopic (exact) mass is 356 g/mol.